The van der Waals surface area contributed by atoms with Crippen LogP contribution < -0.4 is 5.32 Å². The third-order valence-corrected chi connectivity index (χ3v) is 6.49. The summed E-state index contributed by atoms with van der Waals surface area (Å²) < 4.78 is 14.0. The number of nitrogens with one attached hydrogen (secondary N) is 3. The number of benzene rings is 1. The van der Waals surface area contributed by atoms with E-state index in [1.54, 1.807) is 30.7 Å². The van der Waals surface area contributed by atoms with Gasteiger partial charge in [0.1, 0.15) is 11.5 Å². The van der Waals surface area contributed by atoms with E-state index in [1.165, 1.54) is 12.1 Å². The topological polar surface area (TPSA) is 112 Å². The Kier molecular flexibility index (Phi) is 5.88. The predicted octanol–water partition coefficient (Wildman–Crippen LogP) is 5.82. The van der Waals surface area contributed by atoms with Crippen LogP contribution >= 0.6 is 0 Å². The Bertz CT molecular complexity index is 1730. The fourth-order valence-corrected chi connectivity index (χ4v) is 4.42. The van der Waals surface area contributed by atoms with Crippen molar-refractivity contribution in [3.05, 3.63) is 96.5 Å². The number of halogens is 1. The van der Waals surface area contributed by atoms with Crippen LogP contribution in [0.4, 0.5) is 10.1 Å². The summed E-state index contributed by atoms with van der Waals surface area (Å²) in [6.45, 7) is 5.73. The van der Waals surface area contributed by atoms with E-state index in [2.05, 4.69) is 37.0 Å². The lowest BCUT2D eigenvalue weighted by atomic mass is 10.0. The minimum Gasteiger partial charge on any atom is -0.340 e. The number of carbonyl (C=O) groups is 1. The fourth-order valence-electron chi connectivity index (χ4n) is 4.42. The number of hydrogen-bond acceptors (Lipinski definition) is 5. The minimum atomic E-state index is -0.324. The Morgan fingerprint density at radius 3 is 2.79 bits per heavy atom. The third-order valence-electron chi connectivity index (χ3n) is 6.49. The zero-order valence-corrected chi connectivity index (χ0v) is 20.6. The Labute approximate surface area is 217 Å². The van der Waals surface area contributed by atoms with Crippen LogP contribution in [0.5, 0.6) is 0 Å². The van der Waals surface area contributed by atoms with Crippen LogP contribution in [0.3, 0.4) is 0 Å². The van der Waals surface area contributed by atoms with E-state index in [9.17, 15) is 9.18 Å². The Balaban J connectivity index is 1.37. The first kappa shape index (κ1) is 23.5. The summed E-state index contributed by atoms with van der Waals surface area (Å²) in [4.78, 5) is 29.2. The van der Waals surface area contributed by atoms with Crippen LogP contribution in [-0.4, -0.2) is 36.0 Å². The van der Waals surface area contributed by atoms with Crippen LogP contribution in [0.25, 0.3) is 39.3 Å². The molecule has 8 nitrogen and oxygen atoms in total. The van der Waals surface area contributed by atoms with E-state index >= 15 is 0 Å². The second-order valence-electron chi connectivity index (χ2n) is 9.30. The molecular formula is C29H24FN7O. The summed E-state index contributed by atoms with van der Waals surface area (Å²) >= 11 is 0. The van der Waals surface area contributed by atoms with Gasteiger partial charge in [-0.05, 0) is 49.6 Å². The largest absolute Gasteiger partial charge is 0.340 e. The second kappa shape index (κ2) is 9.51. The average Bonchev–Trinajstić information content (AvgIpc) is 3.59. The maximum atomic E-state index is 14.0. The summed E-state index contributed by atoms with van der Waals surface area (Å²) in [5.74, 6) is 0.389. The number of allylic oxidation sites excluding steroid dienone is 2. The molecule has 4 aromatic heterocycles. The van der Waals surface area contributed by atoms with Crippen LogP contribution in [0.15, 0.2) is 73.7 Å². The van der Waals surface area contributed by atoms with Gasteiger partial charge in [0.05, 0.1) is 23.0 Å². The zero-order chi connectivity index (χ0) is 26.2. The number of fused-ring (bicyclic) bond motifs is 1. The van der Waals surface area contributed by atoms with Crippen molar-refractivity contribution < 1.29 is 9.18 Å². The molecule has 1 aromatic carbocycles. The van der Waals surface area contributed by atoms with Gasteiger partial charge in [0.15, 0.2) is 11.5 Å². The average molecular weight is 506 g/mol. The molecule has 188 valence electrons. The standard InChI is InChI=1S/C29H24FN7O/c1-3-5-23(18-6-4-7-21(30)10-18)25-16(2)33-28(35-25)26-24-12-20(14-32-27(24)37-36-26)19-11-22(15-31-13-19)34-29(38)17-8-9-17/h3-7,10-15,17H,1,8-9H2,2H3,(H,33,35)(H,34,38)(H,32,36,37)/b23-5-. The second-order valence-corrected chi connectivity index (χ2v) is 9.30. The zero-order valence-electron chi connectivity index (χ0n) is 20.6. The number of rotatable bonds is 7. The Hall–Kier alpha value is -4.92. The molecule has 3 N–H and O–H groups in total. The van der Waals surface area contributed by atoms with Gasteiger partial charge in [0.25, 0.3) is 0 Å². The molecule has 1 saturated carbocycles. The van der Waals surface area contributed by atoms with Crippen molar-refractivity contribution in [2.75, 3.05) is 5.32 Å². The molecule has 0 saturated heterocycles. The van der Waals surface area contributed by atoms with Gasteiger partial charge in [-0.2, -0.15) is 5.10 Å². The summed E-state index contributed by atoms with van der Waals surface area (Å²) in [5.41, 5.74) is 6.45. The number of pyridine rings is 2. The van der Waals surface area contributed by atoms with Gasteiger partial charge in [-0.1, -0.05) is 30.9 Å². The minimum absolute atomic E-state index is 0.0294. The number of nitrogens with zero attached hydrogens (tertiary/aromatic N) is 4. The Morgan fingerprint density at radius 2 is 2.00 bits per heavy atom. The third kappa shape index (κ3) is 4.50. The number of carbonyl (C=O) groups excluding carboxylic acids is 1. The molecule has 0 bridgehead atoms. The van der Waals surface area contributed by atoms with Crippen LogP contribution in [0, 0.1) is 18.7 Å². The lowest BCUT2D eigenvalue weighted by Crippen LogP contribution is -2.13. The van der Waals surface area contributed by atoms with Gasteiger partial charge < -0.3 is 10.3 Å². The smallest absolute Gasteiger partial charge is 0.227 e. The number of amides is 1. The van der Waals surface area contributed by atoms with E-state index in [-0.39, 0.29) is 17.6 Å². The molecule has 0 radical (unpaired) electrons. The lowest BCUT2D eigenvalue weighted by Gasteiger charge is -2.07. The summed E-state index contributed by atoms with van der Waals surface area (Å²) in [5, 5.41) is 11.1. The molecule has 6 rings (SSSR count). The molecule has 0 unspecified atom stereocenters. The van der Waals surface area contributed by atoms with Crippen molar-refractivity contribution in [1.82, 2.24) is 30.1 Å². The molecule has 1 amide bonds. The molecule has 0 atom stereocenters. The highest BCUT2D eigenvalue weighted by atomic mass is 19.1. The normalized spacial score (nSPS) is 13.6. The van der Waals surface area contributed by atoms with E-state index in [4.69, 9.17) is 4.98 Å². The molecule has 0 aliphatic heterocycles. The van der Waals surface area contributed by atoms with Gasteiger partial charge in [-0.25, -0.2) is 14.4 Å². The molecule has 1 aliphatic rings. The number of H-pyrrole nitrogens is 2. The van der Waals surface area contributed by atoms with E-state index in [0.717, 1.165) is 40.6 Å². The molecule has 1 fully saturated rings. The number of aromatic amines is 2. The first-order valence-corrected chi connectivity index (χ1v) is 12.3. The summed E-state index contributed by atoms with van der Waals surface area (Å²) in [6, 6.07) is 10.2. The van der Waals surface area contributed by atoms with E-state index < -0.39 is 0 Å². The van der Waals surface area contributed by atoms with Crippen molar-refractivity contribution in [2.45, 2.75) is 19.8 Å². The highest BCUT2D eigenvalue weighted by Crippen LogP contribution is 2.33. The van der Waals surface area contributed by atoms with Crippen LogP contribution in [0.2, 0.25) is 0 Å². The Morgan fingerprint density at radius 1 is 1.16 bits per heavy atom. The van der Waals surface area contributed by atoms with Gasteiger partial charge >= 0.3 is 0 Å². The van der Waals surface area contributed by atoms with E-state index in [1.807, 2.05) is 31.2 Å². The maximum Gasteiger partial charge on any atom is 0.227 e. The van der Waals surface area contributed by atoms with Gasteiger partial charge in [-0.3, -0.25) is 14.9 Å². The molecule has 4 heterocycles. The van der Waals surface area contributed by atoms with Crippen molar-refractivity contribution >= 4 is 28.2 Å². The number of hydrogen-bond donors (Lipinski definition) is 3. The molecule has 5 aromatic rings. The van der Waals surface area contributed by atoms with Gasteiger partial charge in [0, 0.05) is 40.7 Å². The molecule has 1 aliphatic carbocycles. The highest BCUT2D eigenvalue weighted by molar-refractivity contribution is 5.95. The first-order valence-electron chi connectivity index (χ1n) is 12.3. The van der Waals surface area contributed by atoms with E-state index in [0.29, 0.717) is 34.1 Å². The fraction of sp³-hybridized carbons (Fsp3) is 0.138. The maximum absolute atomic E-state index is 14.0. The quantitative estimate of drug-likeness (QED) is 0.241. The van der Waals surface area contributed by atoms with Gasteiger partial charge in [0.2, 0.25) is 5.91 Å². The molecule has 0 spiro atoms. The van der Waals surface area contributed by atoms with Crippen molar-refractivity contribution in [2.24, 2.45) is 5.92 Å². The first-order chi connectivity index (χ1) is 18.5. The highest BCUT2D eigenvalue weighted by Gasteiger charge is 2.29. The molecular weight excluding hydrogens is 481 g/mol. The number of imidazole rings is 1. The van der Waals surface area contributed by atoms with Crippen LogP contribution in [0.1, 0.15) is 29.8 Å². The summed E-state index contributed by atoms with van der Waals surface area (Å²) in [7, 11) is 0. The monoisotopic (exact) mass is 505 g/mol. The molecule has 38 heavy (non-hydrogen) atoms. The number of aryl methyl sites for hydroxylation is 1. The number of aromatic nitrogens is 6. The number of anilines is 1. The van der Waals surface area contributed by atoms with Crippen LogP contribution in [-0.2, 0) is 4.79 Å². The molecule has 9 heteroatoms. The van der Waals surface area contributed by atoms with Crippen molar-refractivity contribution in [3.63, 3.8) is 0 Å². The van der Waals surface area contributed by atoms with Crippen molar-refractivity contribution in [1.29, 1.82) is 0 Å². The SMILES string of the molecule is C=C/C=C(/c1cccc(F)c1)c1nc(-c2[nH]nc3ncc(-c4cncc(NC(=O)C5CC5)c4)cc23)[nH]c1C. The van der Waals surface area contributed by atoms with Crippen molar-refractivity contribution in [3.8, 4) is 22.6 Å². The lowest BCUT2D eigenvalue weighted by molar-refractivity contribution is -0.117. The predicted molar refractivity (Wildman–Crippen MR) is 144 cm³/mol. The van der Waals surface area contributed by atoms with Gasteiger partial charge in [-0.15, -0.1) is 0 Å². The summed E-state index contributed by atoms with van der Waals surface area (Å²) in [6.07, 6.45) is 10.4.